The van der Waals surface area contributed by atoms with Crippen molar-refractivity contribution < 1.29 is 0 Å². The molecule has 92 valence electrons. The number of rotatable bonds is 4. The van der Waals surface area contributed by atoms with Gasteiger partial charge in [-0.25, -0.2) is 4.98 Å². The van der Waals surface area contributed by atoms with Gasteiger partial charge in [0, 0.05) is 42.8 Å². The summed E-state index contributed by atoms with van der Waals surface area (Å²) in [6.07, 6.45) is 0.878. The highest BCUT2D eigenvalue weighted by Gasteiger charge is 2.09. The van der Waals surface area contributed by atoms with Gasteiger partial charge in [-0.1, -0.05) is 6.92 Å². The van der Waals surface area contributed by atoms with Crippen molar-refractivity contribution in [1.29, 1.82) is 0 Å². The number of hydrogen-bond donors (Lipinski definition) is 1. The lowest BCUT2D eigenvalue weighted by molar-refractivity contribution is 0.730. The fourth-order valence-electron chi connectivity index (χ4n) is 1.71. The molecule has 0 bridgehead atoms. The van der Waals surface area contributed by atoms with E-state index in [1.54, 1.807) is 0 Å². The SMILES string of the molecule is CCc1nsc(NCc2c(C)nn(C)c2C)n1. The van der Waals surface area contributed by atoms with E-state index < -0.39 is 0 Å². The molecule has 5 nitrogen and oxygen atoms in total. The smallest absolute Gasteiger partial charge is 0.202 e. The highest BCUT2D eigenvalue weighted by Crippen LogP contribution is 2.16. The quantitative estimate of drug-likeness (QED) is 0.903. The Morgan fingerprint density at radius 1 is 1.35 bits per heavy atom. The second-order valence-electron chi connectivity index (χ2n) is 4.00. The molecule has 0 aliphatic rings. The normalized spacial score (nSPS) is 10.8. The molecule has 0 amide bonds. The fraction of sp³-hybridized carbons (Fsp3) is 0.545. The van der Waals surface area contributed by atoms with Crippen LogP contribution in [0.25, 0.3) is 0 Å². The van der Waals surface area contributed by atoms with Gasteiger partial charge in [0.15, 0.2) is 0 Å². The maximum absolute atomic E-state index is 4.39. The molecule has 2 aromatic rings. The lowest BCUT2D eigenvalue weighted by Crippen LogP contribution is -2.02. The molecule has 0 aromatic carbocycles. The zero-order chi connectivity index (χ0) is 12.4. The molecule has 0 aliphatic carbocycles. The van der Waals surface area contributed by atoms with Crippen LogP contribution >= 0.6 is 11.5 Å². The van der Waals surface area contributed by atoms with Crippen LogP contribution in [0.5, 0.6) is 0 Å². The van der Waals surface area contributed by atoms with Crippen molar-refractivity contribution in [3.63, 3.8) is 0 Å². The molecule has 0 aliphatic heterocycles. The van der Waals surface area contributed by atoms with Gasteiger partial charge in [-0.2, -0.15) is 9.47 Å². The summed E-state index contributed by atoms with van der Waals surface area (Å²) < 4.78 is 6.15. The average Bonchev–Trinajstić information content (AvgIpc) is 2.84. The van der Waals surface area contributed by atoms with Crippen LogP contribution < -0.4 is 5.32 Å². The molecule has 0 unspecified atom stereocenters. The molecule has 0 radical (unpaired) electrons. The average molecular weight is 251 g/mol. The second-order valence-corrected chi connectivity index (χ2v) is 4.75. The monoisotopic (exact) mass is 251 g/mol. The first-order valence-electron chi connectivity index (χ1n) is 5.67. The summed E-state index contributed by atoms with van der Waals surface area (Å²) in [5.74, 6) is 0.900. The van der Waals surface area contributed by atoms with E-state index >= 15 is 0 Å². The number of anilines is 1. The lowest BCUT2D eigenvalue weighted by atomic mass is 10.2. The minimum absolute atomic E-state index is 0.754. The first-order chi connectivity index (χ1) is 8.11. The van der Waals surface area contributed by atoms with Crippen LogP contribution in [0.3, 0.4) is 0 Å². The van der Waals surface area contributed by atoms with Crippen molar-refractivity contribution >= 4 is 16.7 Å². The topological polar surface area (TPSA) is 55.6 Å². The third-order valence-corrected chi connectivity index (χ3v) is 3.57. The summed E-state index contributed by atoms with van der Waals surface area (Å²) >= 11 is 1.41. The van der Waals surface area contributed by atoms with Crippen molar-refractivity contribution in [3.05, 3.63) is 22.8 Å². The van der Waals surface area contributed by atoms with Crippen LogP contribution in [0.15, 0.2) is 0 Å². The highest BCUT2D eigenvalue weighted by molar-refractivity contribution is 7.09. The van der Waals surface area contributed by atoms with Crippen molar-refractivity contribution in [3.8, 4) is 0 Å². The molecular formula is C11H17N5S. The van der Waals surface area contributed by atoms with E-state index in [-0.39, 0.29) is 0 Å². The first-order valence-corrected chi connectivity index (χ1v) is 6.44. The molecule has 0 saturated carbocycles. The van der Waals surface area contributed by atoms with Crippen molar-refractivity contribution in [1.82, 2.24) is 19.1 Å². The van der Waals surface area contributed by atoms with Crippen LogP contribution in [0.2, 0.25) is 0 Å². The molecule has 0 saturated heterocycles. The number of hydrogen-bond acceptors (Lipinski definition) is 5. The van der Waals surface area contributed by atoms with Gasteiger partial charge in [0.2, 0.25) is 5.13 Å². The minimum Gasteiger partial charge on any atom is -0.356 e. The maximum atomic E-state index is 4.39. The Labute approximate surface area is 105 Å². The van der Waals surface area contributed by atoms with E-state index in [1.807, 2.05) is 18.7 Å². The zero-order valence-corrected chi connectivity index (χ0v) is 11.4. The molecule has 0 fully saturated rings. The van der Waals surface area contributed by atoms with Crippen molar-refractivity contribution in [2.45, 2.75) is 33.7 Å². The van der Waals surface area contributed by atoms with E-state index in [4.69, 9.17) is 0 Å². The van der Waals surface area contributed by atoms with E-state index in [0.717, 1.165) is 29.6 Å². The summed E-state index contributed by atoms with van der Waals surface area (Å²) in [6.45, 7) is 6.92. The summed E-state index contributed by atoms with van der Waals surface area (Å²) in [5.41, 5.74) is 3.49. The number of nitrogens with one attached hydrogen (secondary N) is 1. The maximum Gasteiger partial charge on any atom is 0.202 e. The van der Waals surface area contributed by atoms with E-state index in [1.165, 1.54) is 22.8 Å². The molecule has 2 heterocycles. The standard InChI is InChI=1S/C11H17N5S/c1-5-10-13-11(17-15-10)12-6-9-7(2)14-16(4)8(9)3/h5-6H2,1-4H3,(H,12,13,15). The Kier molecular flexibility index (Phi) is 3.42. The summed E-state index contributed by atoms with van der Waals surface area (Å²) in [6, 6.07) is 0. The van der Waals surface area contributed by atoms with Crippen LogP contribution in [0.1, 0.15) is 29.7 Å². The molecule has 6 heteroatoms. The molecule has 1 N–H and O–H groups in total. The number of nitrogens with zero attached hydrogens (tertiary/aromatic N) is 4. The van der Waals surface area contributed by atoms with Gasteiger partial charge in [0.1, 0.15) is 5.82 Å². The minimum atomic E-state index is 0.754. The van der Waals surface area contributed by atoms with Crippen LogP contribution in [0, 0.1) is 13.8 Å². The molecular weight excluding hydrogens is 234 g/mol. The predicted molar refractivity (Wildman–Crippen MR) is 69.3 cm³/mol. The number of aromatic nitrogens is 4. The second kappa shape index (κ2) is 4.83. The van der Waals surface area contributed by atoms with Gasteiger partial charge < -0.3 is 5.32 Å². The van der Waals surface area contributed by atoms with E-state index in [0.29, 0.717) is 0 Å². The van der Waals surface area contributed by atoms with Gasteiger partial charge in [-0.15, -0.1) is 0 Å². The van der Waals surface area contributed by atoms with Gasteiger partial charge in [0.25, 0.3) is 0 Å². The van der Waals surface area contributed by atoms with Crippen molar-refractivity contribution in [2.75, 3.05) is 5.32 Å². The molecule has 0 spiro atoms. The summed E-state index contributed by atoms with van der Waals surface area (Å²) in [5, 5.41) is 8.57. The zero-order valence-electron chi connectivity index (χ0n) is 10.6. The van der Waals surface area contributed by atoms with Crippen LogP contribution in [0.4, 0.5) is 5.13 Å². The van der Waals surface area contributed by atoms with Crippen molar-refractivity contribution in [2.24, 2.45) is 7.05 Å². The Hall–Kier alpha value is -1.43. The van der Waals surface area contributed by atoms with E-state index in [9.17, 15) is 0 Å². The summed E-state index contributed by atoms with van der Waals surface area (Å²) in [4.78, 5) is 4.38. The Bertz CT molecular complexity index is 514. The molecule has 0 atom stereocenters. The largest absolute Gasteiger partial charge is 0.356 e. The van der Waals surface area contributed by atoms with Gasteiger partial charge in [-0.05, 0) is 13.8 Å². The number of aryl methyl sites for hydroxylation is 3. The van der Waals surface area contributed by atoms with E-state index in [2.05, 4.69) is 33.6 Å². The first kappa shape index (κ1) is 12.0. The third kappa shape index (κ3) is 2.46. The van der Waals surface area contributed by atoms with Gasteiger partial charge in [0.05, 0.1) is 5.69 Å². The van der Waals surface area contributed by atoms with Gasteiger partial charge in [-0.3, -0.25) is 4.68 Å². The Balaban J connectivity index is 2.07. The van der Waals surface area contributed by atoms with Gasteiger partial charge >= 0.3 is 0 Å². The Morgan fingerprint density at radius 2 is 2.12 bits per heavy atom. The molecule has 2 aromatic heterocycles. The molecule has 17 heavy (non-hydrogen) atoms. The fourth-order valence-corrected chi connectivity index (χ4v) is 2.35. The van der Waals surface area contributed by atoms with Crippen LogP contribution in [-0.2, 0) is 20.0 Å². The predicted octanol–water partition coefficient (Wildman–Crippen LogP) is 2.06. The summed E-state index contributed by atoms with van der Waals surface area (Å²) in [7, 11) is 1.96. The van der Waals surface area contributed by atoms with Crippen LogP contribution in [-0.4, -0.2) is 19.1 Å². The lowest BCUT2D eigenvalue weighted by Gasteiger charge is -2.02. The molecule has 2 rings (SSSR count). The third-order valence-electron chi connectivity index (χ3n) is 2.86. The Morgan fingerprint density at radius 3 is 2.65 bits per heavy atom. The highest BCUT2D eigenvalue weighted by atomic mass is 32.1.